The lowest BCUT2D eigenvalue weighted by atomic mass is 10.0. The van der Waals surface area contributed by atoms with E-state index in [4.69, 9.17) is 4.74 Å². The first kappa shape index (κ1) is 32.3. The van der Waals surface area contributed by atoms with Crippen LogP contribution in [-0.4, -0.2) is 50.9 Å². The molecule has 0 fully saturated rings. The molecule has 0 aliphatic heterocycles. The van der Waals surface area contributed by atoms with Crippen molar-refractivity contribution in [3.8, 4) is 5.75 Å². The fraction of sp³-hybridized carbons (Fsp3) is 0.257. The van der Waals surface area contributed by atoms with E-state index in [0.29, 0.717) is 24.6 Å². The van der Waals surface area contributed by atoms with E-state index in [2.05, 4.69) is 5.32 Å². The summed E-state index contributed by atoms with van der Waals surface area (Å²) in [7, 11) is -4.18. The van der Waals surface area contributed by atoms with Gasteiger partial charge in [-0.25, -0.2) is 8.42 Å². The lowest BCUT2D eigenvalue weighted by Crippen LogP contribution is -2.53. The standard InChI is InChI=1S/C35H39N3O5S/c1-4-36-35(40)33(24-28-12-8-6-9-13-28)37(25-29-18-16-27(3)17-19-29)34(39)26-38(30-14-10-7-11-15-30)44(41,42)32-22-20-31(21-23-32)43-5-2/h6-23,33H,4-5,24-26H2,1-3H3,(H,36,40)/t33-/m1/s1. The highest BCUT2D eigenvalue weighted by Crippen LogP contribution is 2.26. The highest BCUT2D eigenvalue weighted by Gasteiger charge is 2.34. The number of carbonyl (C=O) groups is 2. The Morgan fingerprint density at radius 2 is 1.41 bits per heavy atom. The quantitative estimate of drug-likeness (QED) is 0.207. The molecule has 4 rings (SSSR count). The van der Waals surface area contributed by atoms with Crippen molar-refractivity contribution < 1.29 is 22.7 Å². The fourth-order valence-corrected chi connectivity index (χ4v) is 6.28. The maximum atomic E-state index is 14.4. The second kappa shape index (κ2) is 15.2. The van der Waals surface area contributed by atoms with Gasteiger partial charge >= 0.3 is 0 Å². The SMILES string of the molecule is CCNC(=O)[C@@H](Cc1ccccc1)N(Cc1ccc(C)cc1)C(=O)CN(c1ccccc1)S(=O)(=O)c1ccc(OCC)cc1. The molecule has 0 saturated heterocycles. The van der Waals surface area contributed by atoms with Crippen molar-refractivity contribution in [2.24, 2.45) is 0 Å². The summed E-state index contributed by atoms with van der Waals surface area (Å²) in [5.41, 5.74) is 3.11. The van der Waals surface area contributed by atoms with Crippen LogP contribution in [0.25, 0.3) is 0 Å². The number of likely N-dealkylation sites (N-methyl/N-ethyl adjacent to an activating group) is 1. The number of nitrogens with one attached hydrogen (secondary N) is 1. The molecule has 0 unspecified atom stereocenters. The van der Waals surface area contributed by atoms with Crippen molar-refractivity contribution in [2.75, 3.05) is 24.0 Å². The molecule has 44 heavy (non-hydrogen) atoms. The van der Waals surface area contributed by atoms with Gasteiger partial charge in [0.25, 0.3) is 10.0 Å². The monoisotopic (exact) mass is 613 g/mol. The maximum Gasteiger partial charge on any atom is 0.264 e. The van der Waals surface area contributed by atoms with Crippen LogP contribution in [0.2, 0.25) is 0 Å². The Morgan fingerprint density at radius 1 is 0.795 bits per heavy atom. The number of amides is 2. The summed E-state index contributed by atoms with van der Waals surface area (Å²) in [6.07, 6.45) is 0.265. The van der Waals surface area contributed by atoms with Gasteiger partial charge in [-0.3, -0.25) is 13.9 Å². The van der Waals surface area contributed by atoms with Crippen molar-refractivity contribution in [1.29, 1.82) is 0 Å². The molecule has 0 aliphatic carbocycles. The molecular formula is C35H39N3O5S. The van der Waals surface area contributed by atoms with E-state index < -0.39 is 28.5 Å². The lowest BCUT2D eigenvalue weighted by Gasteiger charge is -2.33. The number of carbonyl (C=O) groups excluding carboxylic acids is 2. The van der Waals surface area contributed by atoms with Gasteiger partial charge in [0.2, 0.25) is 11.8 Å². The van der Waals surface area contributed by atoms with E-state index >= 15 is 0 Å². The topological polar surface area (TPSA) is 96.0 Å². The Morgan fingerprint density at radius 3 is 2.00 bits per heavy atom. The summed E-state index contributed by atoms with van der Waals surface area (Å²) in [5, 5.41) is 2.88. The number of anilines is 1. The summed E-state index contributed by atoms with van der Waals surface area (Å²) in [6, 6.07) is 31.0. The molecule has 1 atom stereocenters. The highest BCUT2D eigenvalue weighted by atomic mass is 32.2. The van der Waals surface area contributed by atoms with Gasteiger partial charge in [0.1, 0.15) is 18.3 Å². The molecule has 0 bridgehead atoms. The molecule has 0 radical (unpaired) electrons. The normalized spacial score (nSPS) is 11.8. The molecule has 0 saturated carbocycles. The zero-order valence-electron chi connectivity index (χ0n) is 25.3. The van der Waals surface area contributed by atoms with E-state index in [0.717, 1.165) is 21.0 Å². The molecule has 1 N–H and O–H groups in total. The molecule has 4 aromatic carbocycles. The van der Waals surface area contributed by atoms with Gasteiger partial charge in [-0.1, -0.05) is 78.4 Å². The van der Waals surface area contributed by atoms with Crippen LogP contribution in [0, 0.1) is 6.92 Å². The van der Waals surface area contributed by atoms with Gasteiger partial charge in [0.05, 0.1) is 17.2 Å². The number of benzene rings is 4. The molecular weight excluding hydrogens is 574 g/mol. The van der Waals surface area contributed by atoms with Crippen LogP contribution in [0.5, 0.6) is 5.75 Å². The summed E-state index contributed by atoms with van der Waals surface area (Å²) < 4.78 is 34.8. The van der Waals surface area contributed by atoms with Crippen molar-refractivity contribution in [3.63, 3.8) is 0 Å². The Bertz CT molecular complexity index is 1610. The van der Waals surface area contributed by atoms with Crippen LogP contribution < -0.4 is 14.4 Å². The van der Waals surface area contributed by atoms with Crippen LogP contribution in [0.1, 0.15) is 30.5 Å². The number of hydrogen-bond acceptors (Lipinski definition) is 5. The zero-order chi connectivity index (χ0) is 31.5. The molecule has 230 valence electrons. The molecule has 4 aromatic rings. The zero-order valence-corrected chi connectivity index (χ0v) is 26.2. The smallest absolute Gasteiger partial charge is 0.264 e. The summed E-state index contributed by atoms with van der Waals surface area (Å²) in [6.45, 7) is 6.10. The van der Waals surface area contributed by atoms with Crippen LogP contribution >= 0.6 is 0 Å². The number of aryl methyl sites for hydroxylation is 1. The molecule has 9 heteroatoms. The highest BCUT2D eigenvalue weighted by molar-refractivity contribution is 7.92. The average Bonchev–Trinajstić information content (AvgIpc) is 3.03. The maximum absolute atomic E-state index is 14.4. The van der Waals surface area contributed by atoms with Gasteiger partial charge in [0, 0.05) is 19.5 Å². The molecule has 0 heterocycles. The molecule has 0 spiro atoms. The predicted octanol–water partition coefficient (Wildman–Crippen LogP) is 5.37. The molecule has 0 aromatic heterocycles. The number of nitrogens with zero attached hydrogens (tertiary/aromatic N) is 2. The van der Waals surface area contributed by atoms with Crippen molar-refractivity contribution in [1.82, 2.24) is 10.2 Å². The van der Waals surface area contributed by atoms with Gasteiger partial charge in [0.15, 0.2) is 0 Å². The number of sulfonamides is 1. The Labute approximate surface area is 260 Å². The van der Waals surface area contributed by atoms with E-state index in [9.17, 15) is 18.0 Å². The first-order chi connectivity index (χ1) is 21.2. The minimum atomic E-state index is -4.18. The number of ether oxygens (including phenoxy) is 1. The third kappa shape index (κ3) is 8.26. The van der Waals surface area contributed by atoms with E-state index in [1.54, 1.807) is 42.5 Å². The second-order valence-electron chi connectivity index (χ2n) is 10.4. The largest absolute Gasteiger partial charge is 0.494 e. The lowest BCUT2D eigenvalue weighted by molar-refractivity contribution is -0.140. The van der Waals surface area contributed by atoms with Gasteiger partial charge in [-0.2, -0.15) is 0 Å². The second-order valence-corrected chi connectivity index (χ2v) is 12.2. The minimum absolute atomic E-state index is 0.0206. The first-order valence-corrected chi connectivity index (χ1v) is 16.1. The Kier molecular flexibility index (Phi) is 11.2. The van der Waals surface area contributed by atoms with Crippen LogP contribution in [0.4, 0.5) is 5.69 Å². The van der Waals surface area contributed by atoms with Crippen molar-refractivity contribution in [3.05, 3.63) is 126 Å². The average molecular weight is 614 g/mol. The van der Waals surface area contributed by atoms with Gasteiger partial charge in [-0.15, -0.1) is 0 Å². The van der Waals surface area contributed by atoms with Crippen molar-refractivity contribution >= 4 is 27.5 Å². The van der Waals surface area contributed by atoms with E-state index in [1.807, 2.05) is 75.4 Å². The van der Waals surface area contributed by atoms with Crippen LogP contribution in [0.3, 0.4) is 0 Å². The van der Waals surface area contributed by atoms with Crippen LogP contribution in [-0.2, 0) is 32.6 Å². The third-order valence-electron chi connectivity index (χ3n) is 7.14. The summed E-state index contributed by atoms with van der Waals surface area (Å²) >= 11 is 0. The van der Waals surface area contributed by atoms with E-state index in [-0.39, 0.29) is 23.8 Å². The summed E-state index contributed by atoms with van der Waals surface area (Å²) in [5.74, 6) is -0.266. The Balaban J connectivity index is 1.76. The predicted molar refractivity (Wildman–Crippen MR) is 173 cm³/mol. The van der Waals surface area contributed by atoms with Crippen LogP contribution in [0.15, 0.2) is 114 Å². The number of rotatable bonds is 14. The number of hydrogen-bond donors (Lipinski definition) is 1. The summed E-state index contributed by atoms with van der Waals surface area (Å²) in [4.78, 5) is 29.4. The molecule has 8 nitrogen and oxygen atoms in total. The minimum Gasteiger partial charge on any atom is -0.494 e. The van der Waals surface area contributed by atoms with Crippen molar-refractivity contribution in [2.45, 2.75) is 44.7 Å². The van der Waals surface area contributed by atoms with Gasteiger partial charge < -0.3 is 15.0 Å². The fourth-order valence-electron chi connectivity index (χ4n) is 4.86. The van der Waals surface area contributed by atoms with Gasteiger partial charge in [-0.05, 0) is 68.3 Å². The van der Waals surface area contributed by atoms with E-state index in [1.165, 1.54) is 17.0 Å². The third-order valence-corrected chi connectivity index (χ3v) is 8.93. The molecule has 2 amide bonds. The number of para-hydroxylation sites is 1. The molecule has 0 aliphatic rings. The Hall–Kier alpha value is -4.63. The first-order valence-electron chi connectivity index (χ1n) is 14.7.